The van der Waals surface area contributed by atoms with E-state index in [2.05, 4.69) is 0 Å². The molecule has 16 heavy (non-hydrogen) atoms. The van der Waals surface area contributed by atoms with Crippen molar-refractivity contribution in [3.63, 3.8) is 0 Å². The van der Waals surface area contributed by atoms with Crippen LogP contribution in [0.2, 0.25) is 0 Å². The van der Waals surface area contributed by atoms with Crippen LogP contribution in [0.3, 0.4) is 0 Å². The van der Waals surface area contributed by atoms with Crippen LogP contribution in [0.15, 0.2) is 12.2 Å². The van der Waals surface area contributed by atoms with Gasteiger partial charge in [-0.25, -0.2) is 0 Å². The molecule has 1 aliphatic carbocycles. The van der Waals surface area contributed by atoms with E-state index >= 15 is 0 Å². The Bertz CT molecular complexity index is 311. The summed E-state index contributed by atoms with van der Waals surface area (Å²) in [6.07, 6.45) is 7.74. The number of hydrogen-bond donors (Lipinski definition) is 1. The van der Waals surface area contributed by atoms with Crippen molar-refractivity contribution in [1.82, 2.24) is 4.90 Å². The van der Waals surface area contributed by atoms with E-state index in [1.807, 2.05) is 0 Å². The summed E-state index contributed by atoms with van der Waals surface area (Å²) in [5.41, 5.74) is -0.254. The Morgan fingerprint density at radius 3 is 2.19 bits per heavy atom. The van der Waals surface area contributed by atoms with Gasteiger partial charge in [-0.3, -0.25) is 14.5 Å². The van der Waals surface area contributed by atoms with Crippen LogP contribution in [0.4, 0.5) is 0 Å². The maximum atomic E-state index is 11.5. The van der Waals surface area contributed by atoms with E-state index in [0.29, 0.717) is 6.54 Å². The second-order valence-corrected chi connectivity index (χ2v) is 4.81. The quantitative estimate of drug-likeness (QED) is 0.722. The van der Waals surface area contributed by atoms with E-state index in [4.69, 9.17) is 0 Å². The molecule has 1 fully saturated rings. The Kier molecular flexibility index (Phi) is 3.10. The predicted molar refractivity (Wildman–Crippen MR) is 58.5 cm³/mol. The van der Waals surface area contributed by atoms with Crippen molar-refractivity contribution in [2.45, 2.75) is 32.1 Å². The molecule has 0 unspecified atom stereocenters. The van der Waals surface area contributed by atoms with Gasteiger partial charge in [-0.05, 0) is 12.8 Å². The van der Waals surface area contributed by atoms with Crippen molar-refractivity contribution < 1.29 is 14.7 Å². The topological polar surface area (TPSA) is 57.6 Å². The standard InChI is InChI=1S/C12H17NO3/c14-9-12(6-2-1-3-7-12)8-13-10(15)4-5-11(13)16/h4-5,14H,1-3,6-9H2. The summed E-state index contributed by atoms with van der Waals surface area (Å²) in [7, 11) is 0. The normalized spacial score (nSPS) is 24.2. The molecule has 1 N–H and O–H groups in total. The first kappa shape index (κ1) is 11.3. The summed E-state index contributed by atoms with van der Waals surface area (Å²) < 4.78 is 0. The number of carbonyl (C=O) groups is 2. The van der Waals surface area contributed by atoms with E-state index < -0.39 is 0 Å². The molecule has 2 aliphatic rings. The molecule has 0 atom stereocenters. The van der Waals surface area contributed by atoms with Crippen molar-refractivity contribution in [1.29, 1.82) is 0 Å². The average molecular weight is 223 g/mol. The highest BCUT2D eigenvalue weighted by Gasteiger charge is 2.37. The van der Waals surface area contributed by atoms with Gasteiger partial charge < -0.3 is 5.11 Å². The van der Waals surface area contributed by atoms with Crippen molar-refractivity contribution in [2.75, 3.05) is 13.2 Å². The minimum Gasteiger partial charge on any atom is -0.396 e. The number of nitrogens with zero attached hydrogens (tertiary/aromatic N) is 1. The molecule has 2 amide bonds. The van der Waals surface area contributed by atoms with Crippen LogP contribution in [0.1, 0.15) is 32.1 Å². The van der Waals surface area contributed by atoms with E-state index in [-0.39, 0.29) is 23.8 Å². The van der Waals surface area contributed by atoms with Gasteiger partial charge in [0.1, 0.15) is 0 Å². The van der Waals surface area contributed by atoms with Gasteiger partial charge in [-0.2, -0.15) is 0 Å². The zero-order valence-corrected chi connectivity index (χ0v) is 9.32. The molecule has 0 aromatic carbocycles. The SMILES string of the molecule is O=C1C=CC(=O)N1CC1(CO)CCCCC1. The lowest BCUT2D eigenvalue weighted by molar-refractivity contribution is -0.139. The van der Waals surface area contributed by atoms with Crippen molar-refractivity contribution in [2.24, 2.45) is 5.41 Å². The molecule has 4 nitrogen and oxygen atoms in total. The molecule has 0 bridgehead atoms. The Morgan fingerprint density at radius 2 is 1.69 bits per heavy atom. The number of aliphatic hydroxyl groups is 1. The molecule has 0 aromatic rings. The number of hydrogen-bond acceptors (Lipinski definition) is 3. The van der Waals surface area contributed by atoms with Crippen LogP contribution >= 0.6 is 0 Å². The molecule has 2 rings (SSSR count). The predicted octanol–water partition coefficient (Wildman–Crippen LogP) is 0.854. The highest BCUT2D eigenvalue weighted by molar-refractivity contribution is 6.12. The van der Waals surface area contributed by atoms with Crippen molar-refractivity contribution >= 4 is 11.8 Å². The third-order valence-corrected chi connectivity index (χ3v) is 3.64. The molecular weight excluding hydrogens is 206 g/mol. The lowest BCUT2D eigenvalue weighted by Gasteiger charge is -2.37. The lowest BCUT2D eigenvalue weighted by atomic mass is 9.74. The smallest absolute Gasteiger partial charge is 0.253 e. The van der Waals surface area contributed by atoms with E-state index in [1.165, 1.54) is 23.5 Å². The summed E-state index contributed by atoms with van der Waals surface area (Å²) >= 11 is 0. The summed E-state index contributed by atoms with van der Waals surface area (Å²) in [4.78, 5) is 24.2. The van der Waals surface area contributed by atoms with Gasteiger partial charge in [0.05, 0.1) is 6.61 Å². The van der Waals surface area contributed by atoms with Gasteiger partial charge in [0, 0.05) is 24.1 Å². The van der Waals surface area contributed by atoms with Gasteiger partial charge in [0.25, 0.3) is 11.8 Å². The fourth-order valence-corrected chi connectivity index (χ4v) is 2.59. The fraction of sp³-hybridized carbons (Fsp3) is 0.667. The van der Waals surface area contributed by atoms with Gasteiger partial charge in [-0.15, -0.1) is 0 Å². The first-order chi connectivity index (χ1) is 7.67. The number of imide groups is 1. The Balaban J connectivity index is 2.06. The minimum atomic E-state index is -0.254. The molecule has 1 aliphatic heterocycles. The highest BCUT2D eigenvalue weighted by atomic mass is 16.3. The van der Waals surface area contributed by atoms with Gasteiger partial charge in [-0.1, -0.05) is 19.3 Å². The second-order valence-electron chi connectivity index (χ2n) is 4.81. The third kappa shape index (κ3) is 2.02. The van der Waals surface area contributed by atoms with Gasteiger partial charge >= 0.3 is 0 Å². The van der Waals surface area contributed by atoms with Crippen LogP contribution in [0.25, 0.3) is 0 Å². The minimum absolute atomic E-state index is 0.0596. The largest absolute Gasteiger partial charge is 0.396 e. The lowest BCUT2D eigenvalue weighted by Crippen LogP contribution is -2.44. The van der Waals surface area contributed by atoms with Gasteiger partial charge in [0.2, 0.25) is 0 Å². The molecule has 0 saturated heterocycles. The summed E-state index contributed by atoms with van der Waals surface area (Å²) in [6.45, 7) is 0.429. The first-order valence-corrected chi connectivity index (χ1v) is 5.81. The third-order valence-electron chi connectivity index (χ3n) is 3.64. The van der Waals surface area contributed by atoms with E-state index in [1.54, 1.807) is 0 Å². The van der Waals surface area contributed by atoms with Crippen LogP contribution in [0, 0.1) is 5.41 Å². The van der Waals surface area contributed by atoms with Crippen LogP contribution in [-0.4, -0.2) is 35.0 Å². The molecule has 0 radical (unpaired) electrons. The van der Waals surface area contributed by atoms with E-state index in [0.717, 1.165) is 25.7 Å². The maximum Gasteiger partial charge on any atom is 0.253 e. The molecular formula is C12H17NO3. The molecule has 0 aromatic heterocycles. The molecule has 1 heterocycles. The van der Waals surface area contributed by atoms with Gasteiger partial charge in [0.15, 0.2) is 0 Å². The summed E-state index contributed by atoms with van der Waals surface area (Å²) in [5.74, 6) is -0.494. The molecule has 4 heteroatoms. The number of aliphatic hydroxyl groups excluding tert-OH is 1. The summed E-state index contributed by atoms with van der Waals surface area (Å²) in [6, 6.07) is 0. The Labute approximate surface area is 94.9 Å². The average Bonchev–Trinajstić information content (AvgIpc) is 2.62. The van der Waals surface area contributed by atoms with Crippen LogP contribution in [0.5, 0.6) is 0 Å². The van der Waals surface area contributed by atoms with Crippen molar-refractivity contribution in [3.05, 3.63) is 12.2 Å². The van der Waals surface area contributed by atoms with Crippen LogP contribution < -0.4 is 0 Å². The maximum absolute atomic E-state index is 11.5. The summed E-state index contributed by atoms with van der Waals surface area (Å²) in [5, 5.41) is 9.50. The zero-order chi connectivity index (χ0) is 11.6. The Hall–Kier alpha value is -1.16. The fourth-order valence-electron chi connectivity index (χ4n) is 2.59. The van der Waals surface area contributed by atoms with Crippen LogP contribution in [-0.2, 0) is 9.59 Å². The number of rotatable bonds is 3. The van der Waals surface area contributed by atoms with E-state index in [9.17, 15) is 14.7 Å². The number of carbonyl (C=O) groups excluding carboxylic acids is 2. The monoisotopic (exact) mass is 223 g/mol. The molecule has 88 valence electrons. The molecule has 0 spiro atoms. The van der Waals surface area contributed by atoms with Crippen molar-refractivity contribution in [3.8, 4) is 0 Å². The zero-order valence-electron chi connectivity index (χ0n) is 9.32. The first-order valence-electron chi connectivity index (χ1n) is 5.81. The number of amides is 2. The highest BCUT2D eigenvalue weighted by Crippen LogP contribution is 2.37. The Morgan fingerprint density at radius 1 is 1.12 bits per heavy atom. The second kappa shape index (κ2) is 4.37. The molecule has 1 saturated carbocycles.